The summed E-state index contributed by atoms with van der Waals surface area (Å²) in [6, 6.07) is 0.368. The molecule has 80 valence electrons. The van der Waals surface area contributed by atoms with E-state index >= 15 is 0 Å². The fourth-order valence-corrected chi connectivity index (χ4v) is 2.71. The highest BCUT2D eigenvalue weighted by Gasteiger charge is 2.10. The molecule has 2 heterocycles. The number of nitrogens with one attached hydrogen (secondary N) is 1. The molecule has 0 aliphatic heterocycles. The van der Waals surface area contributed by atoms with Crippen molar-refractivity contribution >= 4 is 22.7 Å². The first-order chi connectivity index (χ1) is 7.40. The molecule has 0 aliphatic carbocycles. The van der Waals surface area contributed by atoms with E-state index in [4.69, 9.17) is 0 Å². The second-order valence-electron chi connectivity index (χ2n) is 3.18. The van der Waals surface area contributed by atoms with Gasteiger partial charge < -0.3 is 5.32 Å². The standard InChI is InChI=1S/C10H13N3S2/c1-2-9(10-12-3-4-14-10)13-6-8-5-11-7-15-8/h3-5,7,9,13H,2,6H2,1H3. The molecular formula is C10H13N3S2. The van der Waals surface area contributed by atoms with Crippen LogP contribution < -0.4 is 5.32 Å². The highest BCUT2D eigenvalue weighted by molar-refractivity contribution is 7.09. The first-order valence-electron chi connectivity index (χ1n) is 4.90. The first kappa shape index (κ1) is 10.7. The van der Waals surface area contributed by atoms with Gasteiger partial charge in [0, 0.05) is 29.2 Å². The fourth-order valence-electron chi connectivity index (χ4n) is 1.37. The van der Waals surface area contributed by atoms with Crippen molar-refractivity contribution in [2.24, 2.45) is 0 Å². The highest BCUT2D eigenvalue weighted by atomic mass is 32.1. The van der Waals surface area contributed by atoms with Crippen molar-refractivity contribution in [2.75, 3.05) is 0 Å². The van der Waals surface area contributed by atoms with Crippen LogP contribution in [0.1, 0.15) is 29.3 Å². The third-order valence-electron chi connectivity index (χ3n) is 2.16. The smallest absolute Gasteiger partial charge is 0.109 e. The van der Waals surface area contributed by atoms with Crippen LogP contribution in [0.4, 0.5) is 0 Å². The van der Waals surface area contributed by atoms with E-state index in [9.17, 15) is 0 Å². The maximum atomic E-state index is 4.33. The number of hydrogen-bond donors (Lipinski definition) is 1. The van der Waals surface area contributed by atoms with E-state index in [1.807, 2.05) is 23.3 Å². The van der Waals surface area contributed by atoms with Crippen LogP contribution in [0.3, 0.4) is 0 Å². The van der Waals surface area contributed by atoms with Gasteiger partial charge in [0.25, 0.3) is 0 Å². The lowest BCUT2D eigenvalue weighted by atomic mass is 10.2. The Hall–Kier alpha value is -0.780. The Kier molecular flexibility index (Phi) is 3.82. The van der Waals surface area contributed by atoms with E-state index in [1.165, 1.54) is 9.88 Å². The van der Waals surface area contributed by atoms with Gasteiger partial charge in [-0.3, -0.25) is 4.98 Å². The van der Waals surface area contributed by atoms with Crippen LogP contribution in [0.15, 0.2) is 23.3 Å². The van der Waals surface area contributed by atoms with Crippen LogP contribution in [0.2, 0.25) is 0 Å². The van der Waals surface area contributed by atoms with Crippen LogP contribution in [0.5, 0.6) is 0 Å². The van der Waals surface area contributed by atoms with Crippen LogP contribution in [-0.4, -0.2) is 9.97 Å². The van der Waals surface area contributed by atoms with E-state index < -0.39 is 0 Å². The molecule has 1 atom stereocenters. The molecule has 0 saturated carbocycles. The molecule has 3 nitrogen and oxygen atoms in total. The normalized spacial score (nSPS) is 12.9. The highest BCUT2D eigenvalue weighted by Crippen LogP contribution is 2.19. The Morgan fingerprint density at radius 1 is 1.47 bits per heavy atom. The molecule has 0 saturated heterocycles. The predicted molar refractivity (Wildman–Crippen MR) is 64.1 cm³/mol. The molecule has 2 rings (SSSR count). The van der Waals surface area contributed by atoms with Gasteiger partial charge in [-0.2, -0.15) is 0 Å². The molecule has 15 heavy (non-hydrogen) atoms. The summed E-state index contributed by atoms with van der Waals surface area (Å²) in [5.41, 5.74) is 1.86. The zero-order valence-corrected chi connectivity index (χ0v) is 10.1. The Bertz CT molecular complexity index is 369. The zero-order chi connectivity index (χ0) is 10.5. The Morgan fingerprint density at radius 3 is 3.00 bits per heavy atom. The predicted octanol–water partition coefficient (Wildman–Crippen LogP) is 2.84. The summed E-state index contributed by atoms with van der Waals surface area (Å²) in [5, 5.41) is 6.68. The van der Waals surface area contributed by atoms with E-state index in [0.29, 0.717) is 6.04 Å². The van der Waals surface area contributed by atoms with Gasteiger partial charge in [0.1, 0.15) is 5.01 Å². The molecule has 0 fully saturated rings. The second-order valence-corrected chi connectivity index (χ2v) is 5.08. The molecule has 2 aromatic rings. The van der Waals surface area contributed by atoms with Gasteiger partial charge in [-0.05, 0) is 6.42 Å². The van der Waals surface area contributed by atoms with Gasteiger partial charge in [-0.1, -0.05) is 6.92 Å². The van der Waals surface area contributed by atoms with E-state index in [2.05, 4.69) is 22.2 Å². The lowest BCUT2D eigenvalue weighted by Gasteiger charge is -2.12. The average Bonchev–Trinajstić information content (AvgIpc) is 2.90. The molecule has 0 amide bonds. The Balaban J connectivity index is 1.92. The molecular weight excluding hydrogens is 226 g/mol. The van der Waals surface area contributed by atoms with Crippen molar-refractivity contribution in [1.29, 1.82) is 0 Å². The third kappa shape index (κ3) is 2.84. The van der Waals surface area contributed by atoms with Gasteiger partial charge in [0.2, 0.25) is 0 Å². The SMILES string of the molecule is CCC(NCc1cncs1)c1nccs1. The number of thiazole rings is 2. The molecule has 0 bridgehead atoms. The Labute approximate surface area is 97.2 Å². The molecule has 0 aliphatic rings. The topological polar surface area (TPSA) is 37.8 Å². The molecule has 0 spiro atoms. The number of nitrogens with zero attached hydrogens (tertiary/aromatic N) is 2. The summed E-state index contributed by atoms with van der Waals surface area (Å²) in [6.45, 7) is 3.05. The average molecular weight is 239 g/mol. The summed E-state index contributed by atoms with van der Waals surface area (Å²) in [5.74, 6) is 0. The maximum Gasteiger partial charge on any atom is 0.109 e. The van der Waals surface area contributed by atoms with Gasteiger partial charge in [0.05, 0.1) is 11.6 Å². The fraction of sp³-hybridized carbons (Fsp3) is 0.400. The quantitative estimate of drug-likeness (QED) is 0.872. The van der Waals surface area contributed by atoms with Crippen LogP contribution in [0, 0.1) is 0 Å². The summed E-state index contributed by atoms with van der Waals surface area (Å²) >= 11 is 3.39. The second kappa shape index (κ2) is 5.34. The van der Waals surface area contributed by atoms with Crippen molar-refractivity contribution in [3.05, 3.63) is 33.2 Å². The van der Waals surface area contributed by atoms with Crippen molar-refractivity contribution < 1.29 is 0 Å². The Morgan fingerprint density at radius 2 is 2.40 bits per heavy atom. The molecule has 1 N–H and O–H groups in total. The molecule has 2 aromatic heterocycles. The third-order valence-corrected chi connectivity index (χ3v) is 3.83. The van der Waals surface area contributed by atoms with Crippen molar-refractivity contribution in [3.8, 4) is 0 Å². The van der Waals surface area contributed by atoms with Crippen LogP contribution >= 0.6 is 22.7 Å². The lowest BCUT2D eigenvalue weighted by molar-refractivity contribution is 0.519. The monoisotopic (exact) mass is 239 g/mol. The van der Waals surface area contributed by atoms with Crippen LogP contribution in [-0.2, 0) is 6.54 Å². The molecule has 1 unspecified atom stereocenters. The van der Waals surface area contributed by atoms with Crippen LogP contribution in [0.25, 0.3) is 0 Å². The minimum atomic E-state index is 0.368. The van der Waals surface area contributed by atoms with Crippen molar-refractivity contribution in [2.45, 2.75) is 25.9 Å². The molecule has 0 radical (unpaired) electrons. The number of rotatable bonds is 5. The van der Waals surface area contributed by atoms with E-state index in [0.717, 1.165) is 13.0 Å². The number of hydrogen-bond acceptors (Lipinski definition) is 5. The van der Waals surface area contributed by atoms with Gasteiger partial charge in [-0.15, -0.1) is 22.7 Å². The zero-order valence-electron chi connectivity index (χ0n) is 8.51. The maximum absolute atomic E-state index is 4.33. The molecule has 0 aromatic carbocycles. The van der Waals surface area contributed by atoms with E-state index in [1.54, 1.807) is 22.7 Å². The van der Waals surface area contributed by atoms with Crippen molar-refractivity contribution in [3.63, 3.8) is 0 Å². The summed E-state index contributed by atoms with van der Waals surface area (Å²) in [4.78, 5) is 9.65. The number of aromatic nitrogens is 2. The lowest BCUT2D eigenvalue weighted by Crippen LogP contribution is -2.19. The van der Waals surface area contributed by atoms with Gasteiger partial charge in [0.15, 0.2) is 0 Å². The van der Waals surface area contributed by atoms with Gasteiger partial charge in [-0.25, -0.2) is 4.98 Å². The van der Waals surface area contributed by atoms with Gasteiger partial charge >= 0.3 is 0 Å². The van der Waals surface area contributed by atoms with Crippen molar-refractivity contribution in [1.82, 2.24) is 15.3 Å². The minimum Gasteiger partial charge on any atom is -0.303 e. The summed E-state index contributed by atoms with van der Waals surface area (Å²) < 4.78 is 0. The first-order valence-corrected chi connectivity index (χ1v) is 6.66. The largest absolute Gasteiger partial charge is 0.303 e. The summed E-state index contributed by atoms with van der Waals surface area (Å²) in [7, 11) is 0. The van der Waals surface area contributed by atoms with E-state index in [-0.39, 0.29) is 0 Å². The minimum absolute atomic E-state index is 0.368. The summed E-state index contributed by atoms with van der Waals surface area (Å²) in [6.07, 6.45) is 4.83. The molecule has 5 heteroatoms.